The van der Waals surface area contributed by atoms with Crippen molar-refractivity contribution in [2.75, 3.05) is 12.9 Å². The lowest BCUT2D eigenvalue weighted by molar-refractivity contribution is -0.151. The molecular weight excluding hydrogens is 334 g/mol. The third-order valence-electron chi connectivity index (χ3n) is 4.87. The van der Waals surface area contributed by atoms with Crippen molar-refractivity contribution in [3.05, 3.63) is 11.5 Å². The van der Waals surface area contributed by atoms with Crippen molar-refractivity contribution < 1.29 is 24.2 Å². The number of nitrogens with one attached hydrogen (secondary N) is 1. The molecule has 0 bridgehead atoms. The molecule has 3 aliphatic rings. The lowest BCUT2D eigenvalue weighted by atomic mass is 9.81. The molecule has 2 heterocycles. The Bertz CT molecular complexity index is 614. The van der Waals surface area contributed by atoms with Crippen LogP contribution in [0, 0.1) is 0 Å². The fourth-order valence-electron chi connectivity index (χ4n) is 3.44. The van der Waals surface area contributed by atoms with Crippen molar-refractivity contribution in [2.24, 2.45) is 5.73 Å². The molecule has 0 unspecified atom stereocenters. The standard InChI is InChI=1S/C15H21N3O5S/c1-23-8-7-24-12-9(11(19)18(12)10(8)13(20)21)17-14(22)15(16)5-3-2-4-6-15/h9,12H,2-7,16H2,1H3,(H,17,22)(H,20,21)/t9-,12-/m1/s1. The van der Waals surface area contributed by atoms with E-state index in [1.807, 2.05) is 0 Å². The minimum Gasteiger partial charge on any atom is -0.498 e. The number of ether oxygens (including phenoxy) is 1. The topological polar surface area (TPSA) is 122 Å². The van der Waals surface area contributed by atoms with E-state index in [4.69, 9.17) is 10.5 Å². The number of thioether (sulfide) groups is 1. The summed E-state index contributed by atoms with van der Waals surface area (Å²) in [6.07, 6.45) is 4.07. The first-order chi connectivity index (χ1) is 11.4. The number of methoxy groups -OCH3 is 1. The first kappa shape index (κ1) is 17.1. The molecule has 8 nitrogen and oxygen atoms in total. The molecule has 2 aliphatic heterocycles. The van der Waals surface area contributed by atoms with Crippen molar-refractivity contribution in [3.8, 4) is 0 Å². The molecule has 24 heavy (non-hydrogen) atoms. The number of fused-ring (bicyclic) bond motifs is 1. The van der Waals surface area contributed by atoms with Crippen LogP contribution in [0.3, 0.4) is 0 Å². The van der Waals surface area contributed by atoms with Gasteiger partial charge in [-0.1, -0.05) is 19.3 Å². The van der Waals surface area contributed by atoms with Crippen LogP contribution >= 0.6 is 11.8 Å². The van der Waals surface area contributed by atoms with Crippen LogP contribution in [-0.2, 0) is 19.1 Å². The molecule has 2 fully saturated rings. The van der Waals surface area contributed by atoms with E-state index in [1.165, 1.54) is 23.8 Å². The van der Waals surface area contributed by atoms with Gasteiger partial charge in [-0.2, -0.15) is 0 Å². The number of carbonyl (C=O) groups is 3. The maximum Gasteiger partial charge on any atom is 0.356 e. The van der Waals surface area contributed by atoms with Crippen molar-refractivity contribution in [2.45, 2.75) is 49.1 Å². The number of nitrogens with zero attached hydrogens (tertiary/aromatic N) is 1. The predicted molar refractivity (Wildman–Crippen MR) is 86.7 cm³/mol. The van der Waals surface area contributed by atoms with Gasteiger partial charge in [0.15, 0.2) is 5.70 Å². The van der Waals surface area contributed by atoms with Crippen LogP contribution in [0.2, 0.25) is 0 Å². The van der Waals surface area contributed by atoms with Crippen molar-refractivity contribution in [1.82, 2.24) is 10.2 Å². The van der Waals surface area contributed by atoms with E-state index in [-0.39, 0.29) is 17.4 Å². The van der Waals surface area contributed by atoms with E-state index in [0.29, 0.717) is 18.6 Å². The number of nitrogens with two attached hydrogens (primary N) is 1. The second-order valence-corrected chi connectivity index (χ2v) is 7.46. The third kappa shape index (κ3) is 2.65. The van der Waals surface area contributed by atoms with Crippen LogP contribution in [0.25, 0.3) is 0 Å². The highest BCUT2D eigenvalue weighted by molar-refractivity contribution is 8.00. The Balaban J connectivity index is 1.73. The van der Waals surface area contributed by atoms with Gasteiger partial charge in [0.25, 0.3) is 5.91 Å². The summed E-state index contributed by atoms with van der Waals surface area (Å²) in [7, 11) is 1.38. The summed E-state index contributed by atoms with van der Waals surface area (Å²) in [5.74, 6) is -1.37. The van der Waals surface area contributed by atoms with Crippen LogP contribution < -0.4 is 11.1 Å². The SMILES string of the molecule is COC1=C(C(=O)O)N2C(=O)[C@@H](NC(=O)C3(N)CCCCC3)[C@H]2SC1. The van der Waals surface area contributed by atoms with Crippen molar-refractivity contribution in [3.63, 3.8) is 0 Å². The average Bonchev–Trinajstić information content (AvgIpc) is 2.58. The minimum atomic E-state index is -1.21. The van der Waals surface area contributed by atoms with E-state index in [0.717, 1.165) is 19.3 Å². The van der Waals surface area contributed by atoms with Gasteiger partial charge in [0, 0.05) is 0 Å². The first-order valence-electron chi connectivity index (χ1n) is 7.94. The number of hydrogen-bond acceptors (Lipinski definition) is 6. The van der Waals surface area contributed by atoms with E-state index in [1.54, 1.807) is 0 Å². The Kier molecular flexibility index (Phi) is 4.48. The summed E-state index contributed by atoms with van der Waals surface area (Å²) in [6.45, 7) is 0. The van der Waals surface area contributed by atoms with Gasteiger partial charge in [-0.25, -0.2) is 4.79 Å². The minimum absolute atomic E-state index is 0.142. The number of aliphatic carboxylic acids is 1. The highest BCUT2D eigenvalue weighted by Gasteiger charge is 2.55. The average molecular weight is 355 g/mol. The number of carbonyl (C=O) groups excluding carboxylic acids is 2. The van der Waals surface area contributed by atoms with Crippen LogP contribution in [-0.4, -0.2) is 57.6 Å². The first-order valence-corrected chi connectivity index (χ1v) is 8.99. The number of amides is 2. The smallest absolute Gasteiger partial charge is 0.356 e. The zero-order valence-electron chi connectivity index (χ0n) is 13.4. The number of hydrogen-bond donors (Lipinski definition) is 3. The molecule has 0 aromatic rings. The quantitative estimate of drug-likeness (QED) is 0.606. The molecule has 0 aromatic heterocycles. The summed E-state index contributed by atoms with van der Waals surface area (Å²) in [5.41, 5.74) is 5.12. The third-order valence-corrected chi connectivity index (χ3v) is 6.12. The maximum atomic E-state index is 12.5. The molecular formula is C15H21N3O5S. The monoisotopic (exact) mass is 355 g/mol. The maximum absolute atomic E-state index is 12.5. The van der Waals surface area contributed by atoms with Gasteiger partial charge in [-0.05, 0) is 12.8 Å². The van der Waals surface area contributed by atoms with E-state index < -0.39 is 28.8 Å². The van der Waals surface area contributed by atoms with Gasteiger partial charge < -0.3 is 20.9 Å². The Labute approximate surface area is 143 Å². The molecule has 1 saturated carbocycles. The normalized spacial score (nSPS) is 28.8. The van der Waals surface area contributed by atoms with Crippen LogP contribution in [0.1, 0.15) is 32.1 Å². The number of carboxylic acid groups (broad SMARTS) is 1. The largest absolute Gasteiger partial charge is 0.498 e. The molecule has 0 radical (unpaired) electrons. The Morgan fingerprint density at radius 1 is 1.38 bits per heavy atom. The number of rotatable bonds is 4. The Morgan fingerprint density at radius 3 is 2.62 bits per heavy atom. The summed E-state index contributed by atoms with van der Waals surface area (Å²) in [5, 5.41) is 11.6. The molecule has 1 saturated heterocycles. The molecule has 4 N–H and O–H groups in total. The summed E-state index contributed by atoms with van der Waals surface area (Å²) in [6, 6.07) is -0.738. The Morgan fingerprint density at radius 2 is 2.04 bits per heavy atom. The second kappa shape index (κ2) is 6.29. The lowest BCUT2D eigenvalue weighted by Crippen LogP contribution is -2.72. The Hall–Kier alpha value is -1.74. The van der Waals surface area contributed by atoms with Gasteiger partial charge in [-0.15, -0.1) is 11.8 Å². The van der Waals surface area contributed by atoms with Gasteiger partial charge >= 0.3 is 5.97 Å². The molecule has 9 heteroatoms. The highest BCUT2D eigenvalue weighted by atomic mass is 32.2. The van der Waals surface area contributed by atoms with Gasteiger partial charge in [0.05, 0.1) is 18.4 Å². The van der Waals surface area contributed by atoms with Gasteiger partial charge in [-0.3, -0.25) is 14.5 Å². The van der Waals surface area contributed by atoms with E-state index in [9.17, 15) is 19.5 Å². The molecule has 2 amide bonds. The number of β-lactam (4-membered cyclic amide) rings is 1. The molecule has 132 valence electrons. The molecule has 2 atom stereocenters. The fourth-order valence-corrected chi connectivity index (χ4v) is 4.75. The lowest BCUT2D eigenvalue weighted by Gasteiger charge is -2.49. The number of carboxylic acids is 1. The van der Waals surface area contributed by atoms with Gasteiger partial charge in [0.2, 0.25) is 5.91 Å². The van der Waals surface area contributed by atoms with E-state index >= 15 is 0 Å². The molecule has 0 spiro atoms. The second-order valence-electron chi connectivity index (χ2n) is 6.36. The summed E-state index contributed by atoms with van der Waals surface area (Å²) < 4.78 is 5.07. The summed E-state index contributed by atoms with van der Waals surface area (Å²) >= 11 is 1.37. The zero-order chi connectivity index (χ0) is 17.5. The van der Waals surface area contributed by atoms with Crippen LogP contribution in [0.4, 0.5) is 0 Å². The zero-order valence-corrected chi connectivity index (χ0v) is 14.2. The van der Waals surface area contributed by atoms with Crippen LogP contribution in [0.5, 0.6) is 0 Å². The van der Waals surface area contributed by atoms with Crippen molar-refractivity contribution >= 4 is 29.5 Å². The molecule has 1 aliphatic carbocycles. The molecule has 0 aromatic carbocycles. The fraction of sp³-hybridized carbons (Fsp3) is 0.667. The van der Waals surface area contributed by atoms with Crippen LogP contribution in [0.15, 0.2) is 11.5 Å². The summed E-state index contributed by atoms with van der Waals surface area (Å²) in [4.78, 5) is 37.5. The highest BCUT2D eigenvalue weighted by Crippen LogP contribution is 2.40. The predicted octanol–water partition coefficient (Wildman–Crippen LogP) is -0.00950. The van der Waals surface area contributed by atoms with Crippen molar-refractivity contribution in [1.29, 1.82) is 0 Å². The van der Waals surface area contributed by atoms with E-state index in [2.05, 4.69) is 5.32 Å². The molecule has 3 rings (SSSR count). The van der Waals surface area contributed by atoms with Gasteiger partial charge in [0.1, 0.15) is 17.2 Å².